The lowest BCUT2D eigenvalue weighted by Crippen LogP contribution is -2.19. The maximum Gasteiger partial charge on any atom is 0.236 e. The van der Waals surface area contributed by atoms with Crippen molar-refractivity contribution < 1.29 is 13.6 Å². The van der Waals surface area contributed by atoms with E-state index in [1.165, 1.54) is 17.8 Å². The average Bonchev–Trinajstić information content (AvgIpc) is 2.74. The van der Waals surface area contributed by atoms with E-state index in [-0.39, 0.29) is 11.5 Å². The van der Waals surface area contributed by atoms with Crippen molar-refractivity contribution in [2.45, 2.75) is 0 Å². The molecule has 8 heteroatoms. The molecule has 1 amide bonds. The summed E-state index contributed by atoms with van der Waals surface area (Å²) in [5.41, 5.74) is 0.0364. The van der Waals surface area contributed by atoms with Gasteiger partial charge in [-0.05, 0) is 34.7 Å². The number of halogens is 3. The van der Waals surface area contributed by atoms with Gasteiger partial charge in [0.25, 0.3) is 0 Å². The third-order valence-electron chi connectivity index (χ3n) is 2.00. The van der Waals surface area contributed by atoms with Gasteiger partial charge in [-0.2, -0.15) is 5.10 Å². The number of hydrogen-bond donors (Lipinski definition) is 1. The van der Waals surface area contributed by atoms with Crippen molar-refractivity contribution in [3.8, 4) is 0 Å². The van der Waals surface area contributed by atoms with E-state index >= 15 is 0 Å². The Morgan fingerprint density at radius 3 is 2.89 bits per heavy atom. The molecule has 2 rings (SSSR count). The van der Waals surface area contributed by atoms with Crippen LogP contribution >= 0.6 is 34.4 Å². The molecule has 0 atom stereocenters. The van der Waals surface area contributed by atoms with Gasteiger partial charge >= 0.3 is 0 Å². The van der Waals surface area contributed by atoms with E-state index < -0.39 is 11.6 Å². The predicted molar refractivity (Wildman–Crippen MR) is 74.7 cm³/mol. The highest BCUT2D eigenvalue weighted by atomic mass is 127. The van der Waals surface area contributed by atoms with Crippen LogP contribution in [0, 0.1) is 15.2 Å². The second-order valence-corrected chi connectivity index (χ2v) is 5.37. The summed E-state index contributed by atoms with van der Waals surface area (Å²) in [4.78, 5) is 10.9. The summed E-state index contributed by atoms with van der Waals surface area (Å²) in [5.74, 6) is -1.76. The van der Waals surface area contributed by atoms with Gasteiger partial charge in [-0.1, -0.05) is 11.8 Å². The maximum absolute atomic E-state index is 13.4. The lowest BCUT2D eigenvalue weighted by Gasteiger charge is -2.00. The minimum atomic E-state index is -0.964. The average molecular weight is 381 g/mol. The standard InChI is InChI=1S/C10H6F2IN3OS/c11-6-1-2-7(13)5(9(6)12)3-14-16-10-15-8(17)4-18-10/h1-3H,4H2,(H,15,16,17). The molecular formula is C10H6F2IN3OS. The second kappa shape index (κ2) is 5.74. The summed E-state index contributed by atoms with van der Waals surface area (Å²) in [6.45, 7) is 0. The Kier molecular flexibility index (Phi) is 4.27. The van der Waals surface area contributed by atoms with E-state index in [1.807, 2.05) is 22.6 Å². The van der Waals surface area contributed by atoms with Gasteiger partial charge in [0, 0.05) is 9.13 Å². The molecule has 1 aliphatic rings. The SMILES string of the molecule is O=C1CSC(=NN=Cc2c(I)ccc(F)c2F)N1. The topological polar surface area (TPSA) is 53.8 Å². The number of thioether (sulfide) groups is 1. The van der Waals surface area contributed by atoms with Crippen molar-refractivity contribution in [2.24, 2.45) is 10.2 Å². The molecule has 1 saturated heterocycles. The number of benzene rings is 1. The lowest BCUT2D eigenvalue weighted by molar-refractivity contribution is -0.116. The molecule has 1 aromatic rings. The largest absolute Gasteiger partial charge is 0.303 e. The molecule has 0 unspecified atom stereocenters. The van der Waals surface area contributed by atoms with Crippen molar-refractivity contribution in [2.75, 3.05) is 5.75 Å². The van der Waals surface area contributed by atoms with Crippen LogP contribution in [0.25, 0.3) is 0 Å². The van der Waals surface area contributed by atoms with Gasteiger partial charge in [0.1, 0.15) is 0 Å². The van der Waals surface area contributed by atoms with E-state index in [0.29, 0.717) is 14.5 Å². The molecule has 94 valence electrons. The van der Waals surface area contributed by atoms with E-state index in [4.69, 9.17) is 0 Å². The van der Waals surface area contributed by atoms with Gasteiger partial charge < -0.3 is 5.32 Å². The first kappa shape index (κ1) is 13.4. The zero-order valence-corrected chi connectivity index (χ0v) is 11.8. The Labute approximate surface area is 119 Å². The van der Waals surface area contributed by atoms with E-state index in [2.05, 4.69) is 15.5 Å². The molecule has 1 fully saturated rings. The van der Waals surface area contributed by atoms with Gasteiger partial charge in [-0.25, -0.2) is 8.78 Å². The van der Waals surface area contributed by atoms with E-state index in [0.717, 1.165) is 12.3 Å². The van der Waals surface area contributed by atoms with Gasteiger partial charge in [0.05, 0.1) is 12.0 Å². The zero-order valence-electron chi connectivity index (χ0n) is 8.78. The van der Waals surface area contributed by atoms with Crippen molar-refractivity contribution in [3.05, 3.63) is 32.9 Å². The first-order chi connectivity index (χ1) is 8.58. The first-order valence-electron chi connectivity index (χ1n) is 4.75. The normalized spacial score (nSPS) is 17.7. The number of carbonyl (C=O) groups is 1. The van der Waals surface area contributed by atoms with Crippen LogP contribution in [0.3, 0.4) is 0 Å². The Morgan fingerprint density at radius 1 is 1.44 bits per heavy atom. The van der Waals surface area contributed by atoms with Gasteiger partial charge in [0.2, 0.25) is 5.91 Å². The van der Waals surface area contributed by atoms with Crippen molar-refractivity contribution in [1.29, 1.82) is 0 Å². The fourth-order valence-corrected chi connectivity index (χ4v) is 2.37. The molecule has 18 heavy (non-hydrogen) atoms. The fourth-order valence-electron chi connectivity index (χ4n) is 1.18. The van der Waals surface area contributed by atoms with Crippen molar-refractivity contribution >= 4 is 51.6 Å². The van der Waals surface area contributed by atoms with Crippen LogP contribution in [0.5, 0.6) is 0 Å². The predicted octanol–water partition coefficient (Wildman–Crippen LogP) is 2.12. The molecule has 0 bridgehead atoms. The maximum atomic E-state index is 13.4. The molecule has 0 radical (unpaired) electrons. The number of nitrogens with one attached hydrogen (secondary N) is 1. The van der Waals surface area contributed by atoms with Crippen molar-refractivity contribution in [3.63, 3.8) is 0 Å². The number of nitrogens with zero attached hydrogens (tertiary/aromatic N) is 2. The minimum Gasteiger partial charge on any atom is -0.303 e. The zero-order chi connectivity index (χ0) is 13.1. The molecule has 1 heterocycles. The number of carbonyl (C=O) groups excluding carboxylic acids is 1. The number of hydrogen-bond acceptors (Lipinski definition) is 4. The molecular weight excluding hydrogens is 375 g/mol. The Balaban J connectivity index is 2.19. The molecule has 0 saturated carbocycles. The molecule has 1 aromatic carbocycles. The summed E-state index contributed by atoms with van der Waals surface area (Å²) < 4.78 is 27.0. The summed E-state index contributed by atoms with van der Waals surface area (Å²) >= 11 is 3.08. The van der Waals surface area contributed by atoms with Crippen LogP contribution < -0.4 is 5.32 Å². The highest BCUT2D eigenvalue weighted by Crippen LogP contribution is 2.17. The van der Waals surface area contributed by atoms with Crippen LogP contribution in [0.1, 0.15) is 5.56 Å². The third kappa shape index (κ3) is 3.05. The van der Waals surface area contributed by atoms with Crippen LogP contribution in [-0.4, -0.2) is 23.0 Å². The molecule has 1 aliphatic heterocycles. The number of amides is 1. The first-order valence-corrected chi connectivity index (χ1v) is 6.81. The number of rotatable bonds is 2. The van der Waals surface area contributed by atoms with Crippen molar-refractivity contribution in [1.82, 2.24) is 5.32 Å². The lowest BCUT2D eigenvalue weighted by atomic mass is 10.2. The molecule has 0 aromatic heterocycles. The molecule has 0 spiro atoms. The Morgan fingerprint density at radius 2 is 2.22 bits per heavy atom. The van der Waals surface area contributed by atoms with Crippen LogP contribution in [0.2, 0.25) is 0 Å². The molecule has 0 aliphatic carbocycles. The molecule has 1 N–H and O–H groups in total. The summed E-state index contributed by atoms with van der Waals surface area (Å²) in [7, 11) is 0. The highest BCUT2D eigenvalue weighted by molar-refractivity contribution is 14.1. The molecule has 4 nitrogen and oxygen atoms in total. The minimum absolute atomic E-state index is 0.0364. The van der Waals surface area contributed by atoms with E-state index in [1.54, 1.807) is 0 Å². The highest BCUT2D eigenvalue weighted by Gasteiger charge is 2.16. The smallest absolute Gasteiger partial charge is 0.236 e. The number of amidine groups is 1. The Hall–Kier alpha value is -1.03. The van der Waals surface area contributed by atoms with Crippen LogP contribution in [0.4, 0.5) is 8.78 Å². The fraction of sp³-hybridized carbons (Fsp3) is 0.100. The van der Waals surface area contributed by atoms with Gasteiger partial charge in [-0.3, -0.25) is 4.79 Å². The third-order valence-corrected chi connectivity index (χ3v) is 3.81. The van der Waals surface area contributed by atoms with Gasteiger partial charge in [-0.15, -0.1) is 5.10 Å². The Bertz CT molecular complexity index is 562. The summed E-state index contributed by atoms with van der Waals surface area (Å²) in [6.07, 6.45) is 1.12. The second-order valence-electron chi connectivity index (χ2n) is 3.24. The quantitative estimate of drug-likeness (QED) is 0.369. The van der Waals surface area contributed by atoms with E-state index in [9.17, 15) is 13.6 Å². The van der Waals surface area contributed by atoms with Crippen LogP contribution in [-0.2, 0) is 4.79 Å². The van der Waals surface area contributed by atoms with Gasteiger partial charge in [0.15, 0.2) is 16.8 Å². The van der Waals surface area contributed by atoms with Crippen LogP contribution in [0.15, 0.2) is 22.3 Å². The monoisotopic (exact) mass is 381 g/mol. The summed E-state index contributed by atoms with van der Waals surface area (Å²) in [5, 5.41) is 10.2. The summed E-state index contributed by atoms with van der Waals surface area (Å²) in [6, 6.07) is 2.49.